The summed E-state index contributed by atoms with van der Waals surface area (Å²) in [5.74, 6) is 0. The normalized spacial score (nSPS) is 15.4. The average Bonchev–Trinajstić information content (AvgIpc) is 3.10. The Bertz CT molecular complexity index is 1190. The Morgan fingerprint density at radius 2 is 1.90 bits per heavy atom. The van der Waals surface area contributed by atoms with Crippen molar-refractivity contribution in [2.45, 2.75) is 11.4 Å². The number of hydrogen-bond acceptors (Lipinski definition) is 7. The number of nitrogens with one attached hydrogen (secondary N) is 1. The predicted molar refractivity (Wildman–Crippen MR) is 108 cm³/mol. The second-order valence-electron chi connectivity index (χ2n) is 6.37. The number of sulfonamides is 1. The summed E-state index contributed by atoms with van der Waals surface area (Å²) in [6.07, 6.45) is 1.56. The molecule has 0 aliphatic carbocycles. The summed E-state index contributed by atoms with van der Waals surface area (Å²) < 4.78 is 32.9. The SMILES string of the molecule is O=C(NCc1ccc(S(=O)(=O)N2CCOCC2)cc1)n1sc2ncccc2c1=O. The van der Waals surface area contributed by atoms with Crippen molar-refractivity contribution in [2.24, 2.45) is 0 Å². The molecule has 0 atom stereocenters. The number of morpholine rings is 1. The maximum absolute atomic E-state index is 12.6. The molecule has 1 fully saturated rings. The Balaban J connectivity index is 1.44. The first kappa shape index (κ1) is 19.7. The minimum Gasteiger partial charge on any atom is -0.379 e. The lowest BCUT2D eigenvalue weighted by Gasteiger charge is -2.26. The van der Waals surface area contributed by atoms with Gasteiger partial charge >= 0.3 is 6.03 Å². The zero-order valence-electron chi connectivity index (χ0n) is 15.3. The summed E-state index contributed by atoms with van der Waals surface area (Å²) >= 11 is 0.975. The number of rotatable bonds is 4. The van der Waals surface area contributed by atoms with Gasteiger partial charge in [0.2, 0.25) is 10.0 Å². The van der Waals surface area contributed by atoms with Crippen LogP contribution in [-0.2, 0) is 21.3 Å². The molecule has 3 aromatic rings. The molecule has 11 heteroatoms. The number of carbonyl (C=O) groups excluding carboxylic acids is 1. The van der Waals surface area contributed by atoms with Gasteiger partial charge in [-0.3, -0.25) is 4.79 Å². The van der Waals surface area contributed by atoms with E-state index in [2.05, 4.69) is 10.3 Å². The quantitative estimate of drug-likeness (QED) is 0.661. The lowest BCUT2D eigenvalue weighted by Crippen LogP contribution is -2.40. The molecule has 0 unspecified atom stereocenters. The van der Waals surface area contributed by atoms with Gasteiger partial charge < -0.3 is 10.1 Å². The second kappa shape index (κ2) is 8.03. The van der Waals surface area contributed by atoms with Crippen molar-refractivity contribution in [3.63, 3.8) is 0 Å². The Morgan fingerprint density at radius 1 is 1.17 bits per heavy atom. The summed E-state index contributed by atoms with van der Waals surface area (Å²) in [4.78, 5) is 29.4. The maximum atomic E-state index is 12.6. The molecule has 3 heterocycles. The average molecular weight is 434 g/mol. The highest BCUT2D eigenvalue weighted by atomic mass is 32.2. The maximum Gasteiger partial charge on any atom is 0.338 e. The third-order valence-electron chi connectivity index (χ3n) is 4.52. The molecule has 0 radical (unpaired) electrons. The first-order valence-electron chi connectivity index (χ1n) is 8.89. The monoisotopic (exact) mass is 434 g/mol. The summed E-state index contributed by atoms with van der Waals surface area (Å²) in [6.45, 7) is 1.59. The minimum absolute atomic E-state index is 0.158. The standard InChI is InChI=1S/C18H18N4O5S2/c23-17-15-2-1-7-19-16(15)28-22(17)18(24)20-12-13-3-5-14(6-4-13)29(25,26)21-8-10-27-11-9-21/h1-7H,8-12H2,(H,20,24). The molecule has 152 valence electrons. The number of fused-ring (bicyclic) bond motifs is 1. The third kappa shape index (κ3) is 3.94. The van der Waals surface area contributed by atoms with Crippen LogP contribution in [0.15, 0.2) is 52.3 Å². The molecule has 2 aromatic heterocycles. The van der Waals surface area contributed by atoms with Crippen molar-refractivity contribution < 1.29 is 17.9 Å². The molecule has 0 saturated carbocycles. The van der Waals surface area contributed by atoms with Crippen molar-refractivity contribution in [3.8, 4) is 0 Å². The number of hydrogen-bond donors (Lipinski definition) is 1. The van der Waals surface area contributed by atoms with Crippen LogP contribution < -0.4 is 10.9 Å². The lowest BCUT2D eigenvalue weighted by molar-refractivity contribution is 0.0730. The van der Waals surface area contributed by atoms with Gasteiger partial charge in [0.1, 0.15) is 4.83 Å². The van der Waals surface area contributed by atoms with E-state index < -0.39 is 21.6 Å². The van der Waals surface area contributed by atoms with Gasteiger partial charge in [-0.2, -0.15) is 8.26 Å². The van der Waals surface area contributed by atoms with Crippen LogP contribution in [0.25, 0.3) is 10.2 Å². The molecule has 9 nitrogen and oxygen atoms in total. The van der Waals surface area contributed by atoms with Crippen molar-refractivity contribution in [1.29, 1.82) is 0 Å². The number of nitrogens with zero attached hydrogens (tertiary/aromatic N) is 3. The van der Waals surface area contributed by atoms with Gasteiger partial charge in [-0.1, -0.05) is 12.1 Å². The van der Waals surface area contributed by atoms with Crippen LogP contribution >= 0.6 is 11.5 Å². The molecule has 29 heavy (non-hydrogen) atoms. The molecule has 1 N–H and O–H groups in total. The van der Waals surface area contributed by atoms with E-state index in [1.54, 1.807) is 30.5 Å². The van der Waals surface area contributed by atoms with Gasteiger partial charge in [0.05, 0.1) is 23.5 Å². The summed E-state index contributed by atoms with van der Waals surface area (Å²) in [6, 6.07) is 9.03. The fourth-order valence-corrected chi connectivity index (χ4v) is 5.23. The molecule has 4 rings (SSSR count). The third-order valence-corrected chi connectivity index (χ3v) is 7.45. The Labute approximate surface area is 170 Å². The first-order valence-corrected chi connectivity index (χ1v) is 11.1. The van der Waals surface area contributed by atoms with Crippen LogP contribution in [0.2, 0.25) is 0 Å². The van der Waals surface area contributed by atoms with E-state index in [-0.39, 0.29) is 11.4 Å². The van der Waals surface area contributed by atoms with Gasteiger partial charge in [-0.25, -0.2) is 18.2 Å². The highest BCUT2D eigenvalue weighted by Gasteiger charge is 2.26. The molecule has 1 aliphatic heterocycles. The molecular formula is C18H18N4O5S2. The van der Waals surface area contributed by atoms with Crippen molar-refractivity contribution in [1.82, 2.24) is 18.6 Å². The van der Waals surface area contributed by atoms with Crippen LogP contribution in [-0.4, -0.2) is 54.0 Å². The molecule has 0 bridgehead atoms. The number of amides is 1. The van der Waals surface area contributed by atoms with Crippen molar-refractivity contribution in [2.75, 3.05) is 26.3 Å². The molecule has 1 saturated heterocycles. The van der Waals surface area contributed by atoms with Gasteiger partial charge in [0, 0.05) is 25.8 Å². The van der Waals surface area contributed by atoms with E-state index in [4.69, 9.17) is 4.74 Å². The summed E-state index contributed by atoms with van der Waals surface area (Å²) in [5, 5.41) is 3.06. The van der Waals surface area contributed by atoms with Crippen molar-refractivity contribution in [3.05, 3.63) is 58.5 Å². The van der Waals surface area contributed by atoms with Crippen LogP contribution in [0.1, 0.15) is 5.56 Å². The van der Waals surface area contributed by atoms with Crippen LogP contribution in [0.4, 0.5) is 4.79 Å². The molecular weight excluding hydrogens is 416 g/mol. The Kier molecular flexibility index (Phi) is 5.46. The number of benzene rings is 1. The van der Waals surface area contributed by atoms with E-state index in [0.29, 0.717) is 42.1 Å². The van der Waals surface area contributed by atoms with Gasteiger partial charge in [0.25, 0.3) is 5.56 Å². The van der Waals surface area contributed by atoms with Crippen LogP contribution in [0, 0.1) is 0 Å². The smallest absolute Gasteiger partial charge is 0.338 e. The van der Waals surface area contributed by atoms with Gasteiger partial charge in [0.15, 0.2) is 0 Å². The molecule has 1 aromatic carbocycles. The molecule has 0 spiro atoms. The second-order valence-corrected chi connectivity index (χ2v) is 9.24. The van der Waals surface area contributed by atoms with E-state index >= 15 is 0 Å². The van der Waals surface area contributed by atoms with E-state index in [1.807, 2.05) is 0 Å². The highest BCUT2D eigenvalue weighted by Crippen LogP contribution is 2.18. The Hall–Kier alpha value is -2.60. The van der Waals surface area contributed by atoms with Crippen LogP contribution in [0.3, 0.4) is 0 Å². The fraction of sp³-hybridized carbons (Fsp3) is 0.278. The number of aromatic nitrogens is 2. The molecule has 1 aliphatic rings. The first-order chi connectivity index (χ1) is 14.0. The highest BCUT2D eigenvalue weighted by molar-refractivity contribution is 7.89. The zero-order chi connectivity index (χ0) is 20.4. The lowest BCUT2D eigenvalue weighted by atomic mass is 10.2. The summed E-state index contributed by atoms with van der Waals surface area (Å²) in [5.41, 5.74) is 0.300. The Morgan fingerprint density at radius 3 is 2.59 bits per heavy atom. The summed E-state index contributed by atoms with van der Waals surface area (Å²) in [7, 11) is -3.56. The largest absolute Gasteiger partial charge is 0.379 e. The van der Waals surface area contributed by atoms with E-state index in [0.717, 1.165) is 15.5 Å². The number of pyridine rings is 1. The minimum atomic E-state index is -3.56. The zero-order valence-corrected chi connectivity index (χ0v) is 16.9. The van der Waals surface area contributed by atoms with Gasteiger partial charge in [-0.15, -0.1) is 0 Å². The topological polar surface area (TPSA) is 111 Å². The van der Waals surface area contributed by atoms with E-state index in [1.165, 1.54) is 16.4 Å². The molecule has 1 amide bonds. The predicted octanol–water partition coefficient (Wildman–Crippen LogP) is 1.24. The van der Waals surface area contributed by atoms with Crippen molar-refractivity contribution >= 4 is 37.8 Å². The number of ether oxygens (including phenoxy) is 1. The van der Waals surface area contributed by atoms with Crippen LogP contribution in [0.5, 0.6) is 0 Å². The number of carbonyl (C=O) groups is 1. The fourth-order valence-electron chi connectivity index (χ4n) is 2.96. The van der Waals surface area contributed by atoms with E-state index in [9.17, 15) is 18.0 Å². The van der Waals surface area contributed by atoms with Gasteiger partial charge in [-0.05, 0) is 41.4 Å².